The summed E-state index contributed by atoms with van der Waals surface area (Å²) in [6.07, 6.45) is -9.53. The van der Waals surface area contributed by atoms with Crippen molar-refractivity contribution in [2.45, 2.75) is 64.8 Å². The zero-order chi connectivity index (χ0) is 48.8. The minimum atomic E-state index is -4.34. The number of phenolic OH excluding ortho intramolecular Hbond substituents is 1. The van der Waals surface area contributed by atoms with Crippen molar-refractivity contribution in [2.75, 3.05) is 9.80 Å². The third-order valence-electron chi connectivity index (χ3n) is 12.3. The average molecular weight is 941 g/mol. The van der Waals surface area contributed by atoms with Gasteiger partial charge in [-0.15, -0.1) is 0 Å². The molecule has 1 N–H and O–H groups in total. The molecule has 3 atom stereocenters. The second-order valence-corrected chi connectivity index (χ2v) is 16.9. The molecule has 0 aromatic heterocycles. The van der Waals surface area contributed by atoms with Crippen LogP contribution in [0.3, 0.4) is 0 Å². The van der Waals surface area contributed by atoms with Crippen LogP contribution in [-0.2, 0) is 0 Å². The van der Waals surface area contributed by atoms with Crippen LogP contribution < -0.4 is 24.0 Å². The van der Waals surface area contributed by atoms with Crippen LogP contribution in [0.5, 0.6) is 23.0 Å². The minimum absolute atomic E-state index is 0.00817. The number of halogens is 6. The van der Waals surface area contributed by atoms with Crippen LogP contribution in [0, 0.1) is 5.41 Å². The normalized spacial score (nSPS) is 13.5. The smallest absolute Gasteiger partial charge is 0.468 e. The Bertz CT molecular complexity index is 2930. The van der Waals surface area contributed by atoms with Gasteiger partial charge in [0, 0.05) is 39.5 Å². The van der Waals surface area contributed by atoms with Gasteiger partial charge in [-0.1, -0.05) is 100.0 Å². The zero-order valence-corrected chi connectivity index (χ0v) is 38.1. The summed E-state index contributed by atoms with van der Waals surface area (Å²) < 4.78 is 106. The summed E-state index contributed by atoms with van der Waals surface area (Å²) in [6.45, 7) is 4.84. The van der Waals surface area contributed by atoms with E-state index in [1.807, 2.05) is 119 Å². The van der Waals surface area contributed by atoms with E-state index in [1.54, 1.807) is 44.2 Å². The van der Waals surface area contributed by atoms with Crippen molar-refractivity contribution in [3.05, 3.63) is 194 Å². The Morgan fingerprint density at radius 1 is 0.478 bits per heavy atom. The lowest BCUT2D eigenvalue weighted by Gasteiger charge is -2.38. The Morgan fingerprint density at radius 2 is 0.884 bits per heavy atom. The van der Waals surface area contributed by atoms with Crippen molar-refractivity contribution in [2.24, 2.45) is 5.41 Å². The van der Waals surface area contributed by atoms with E-state index in [0.29, 0.717) is 28.6 Å². The van der Waals surface area contributed by atoms with Crippen molar-refractivity contribution in [1.29, 1.82) is 0 Å². The van der Waals surface area contributed by atoms with Gasteiger partial charge in [0.1, 0.15) is 23.0 Å². The molecule has 0 heterocycles. The highest BCUT2D eigenvalue weighted by molar-refractivity contribution is 5.85. The number of benzene rings is 8. The molecule has 0 spiro atoms. The van der Waals surface area contributed by atoms with Gasteiger partial charge in [-0.25, -0.2) is 0 Å². The van der Waals surface area contributed by atoms with Crippen LogP contribution in [0.15, 0.2) is 194 Å². The van der Waals surface area contributed by atoms with Crippen molar-refractivity contribution >= 4 is 44.9 Å². The molecule has 0 saturated heterocycles. The van der Waals surface area contributed by atoms with Gasteiger partial charge in [0.15, 0.2) is 0 Å². The van der Waals surface area contributed by atoms with Crippen molar-refractivity contribution in [1.82, 2.24) is 0 Å². The zero-order valence-electron chi connectivity index (χ0n) is 38.1. The molecule has 8 aromatic rings. The van der Waals surface area contributed by atoms with Crippen LogP contribution >= 0.6 is 0 Å². The topological polar surface area (TPSA) is 54.4 Å². The second-order valence-electron chi connectivity index (χ2n) is 16.9. The number of fused-ring (bicyclic) bond motifs is 1. The molecule has 354 valence electrons. The number of ether oxygens (including phenoxy) is 3. The molecule has 0 radical (unpaired) electrons. The standard InChI is InChI=1S/C57H50F6N2O4/c1-4-36-55(3,5-2)56(60,61)53(58)67-50-32-26-47(27-33-50)64(43-12-8-6-9-13-43)45-22-16-39(17-23-45)40-18-24-46(25-19-40)65(44-14-10-7-11-15-44)48-28-34-51(35-29-48)68-54(59)57(62,63)69-52-31-21-41-20-30-49(66)37-42(41)38-52/h6-35,37-38,53-54,66H,4-5,36H2,1-3H3. The Morgan fingerprint density at radius 3 is 1.33 bits per heavy atom. The summed E-state index contributed by atoms with van der Waals surface area (Å²) in [4.78, 5) is 3.95. The molecular weight excluding hydrogens is 891 g/mol. The molecule has 3 unspecified atom stereocenters. The lowest BCUT2D eigenvalue weighted by molar-refractivity contribution is -0.267. The van der Waals surface area contributed by atoms with Crippen LogP contribution in [0.4, 0.5) is 60.5 Å². The predicted molar refractivity (Wildman–Crippen MR) is 262 cm³/mol. The highest BCUT2D eigenvalue weighted by Gasteiger charge is 2.56. The fourth-order valence-corrected chi connectivity index (χ4v) is 8.27. The van der Waals surface area contributed by atoms with Gasteiger partial charge in [0.2, 0.25) is 0 Å². The maximum atomic E-state index is 15.3. The van der Waals surface area contributed by atoms with Gasteiger partial charge in [-0.05, 0) is 156 Å². The summed E-state index contributed by atoms with van der Waals surface area (Å²) in [5, 5.41) is 10.9. The number of nitrogens with zero attached hydrogens (tertiary/aromatic N) is 2. The number of anilines is 6. The first kappa shape index (κ1) is 47.9. The third kappa shape index (κ3) is 10.6. The maximum absolute atomic E-state index is 15.3. The average Bonchev–Trinajstić information content (AvgIpc) is 3.36. The van der Waals surface area contributed by atoms with E-state index in [1.165, 1.54) is 61.5 Å². The lowest BCUT2D eigenvalue weighted by atomic mass is 9.76. The number of hydrogen-bond donors (Lipinski definition) is 1. The van der Waals surface area contributed by atoms with Crippen LogP contribution in [-0.4, -0.2) is 29.9 Å². The van der Waals surface area contributed by atoms with Crippen molar-refractivity contribution < 1.29 is 45.7 Å². The molecule has 0 aliphatic heterocycles. The molecule has 8 rings (SSSR count). The third-order valence-corrected chi connectivity index (χ3v) is 12.3. The molecular formula is C57H50F6N2O4. The fraction of sp³-hybridized carbons (Fsp3) is 0.193. The van der Waals surface area contributed by atoms with Gasteiger partial charge in [-0.3, -0.25) is 0 Å². The number of aromatic hydroxyl groups is 1. The van der Waals surface area contributed by atoms with E-state index in [2.05, 4.69) is 0 Å². The maximum Gasteiger partial charge on any atom is 0.468 e. The number of para-hydroxylation sites is 2. The van der Waals surface area contributed by atoms with Gasteiger partial charge in [-0.2, -0.15) is 26.3 Å². The van der Waals surface area contributed by atoms with Crippen LogP contribution in [0.25, 0.3) is 21.9 Å². The van der Waals surface area contributed by atoms with Gasteiger partial charge in [0.25, 0.3) is 0 Å². The summed E-state index contributed by atoms with van der Waals surface area (Å²) in [5.74, 6) is -4.19. The van der Waals surface area contributed by atoms with Crippen molar-refractivity contribution in [3.63, 3.8) is 0 Å². The highest BCUT2D eigenvalue weighted by Crippen LogP contribution is 2.47. The molecule has 12 heteroatoms. The minimum Gasteiger partial charge on any atom is -0.508 e. The van der Waals surface area contributed by atoms with E-state index < -0.39 is 30.2 Å². The molecule has 0 aliphatic rings. The monoisotopic (exact) mass is 940 g/mol. The summed E-state index contributed by atoms with van der Waals surface area (Å²) >= 11 is 0. The molecule has 0 fully saturated rings. The Balaban J connectivity index is 0.977. The quantitative estimate of drug-likeness (QED) is 0.0815. The van der Waals surface area contributed by atoms with Gasteiger partial charge < -0.3 is 29.1 Å². The first-order valence-corrected chi connectivity index (χ1v) is 22.6. The van der Waals surface area contributed by atoms with Gasteiger partial charge in [0.05, 0.1) is 0 Å². The number of phenols is 1. The molecule has 0 saturated carbocycles. The molecule has 8 aromatic carbocycles. The SMILES string of the molecule is CCCC(C)(CC)C(F)(F)C(F)Oc1ccc(N(c2ccccc2)c2ccc(-c3ccc(N(c4ccccc4)c4ccc(OC(F)C(F)(F)Oc5ccc6ccc(O)cc6c5)cc4)cc3)cc2)cc1. The first-order chi connectivity index (χ1) is 33.2. The highest BCUT2D eigenvalue weighted by atomic mass is 19.3. The Kier molecular flexibility index (Phi) is 14.1. The summed E-state index contributed by atoms with van der Waals surface area (Å²) in [6, 6.07) is 56.0. The van der Waals surface area contributed by atoms with E-state index in [0.717, 1.165) is 33.9 Å². The fourth-order valence-electron chi connectivity index (χ4n) is 8.27. The van der Waals surface area contributed by atoms with Crippen LogP contribution in [0.2, 0.25) is 0 Å². The Hall–Kier alpha value is -7.60. The van der Waals surface area contributed by atoms with Crippen molar-refractivity contribution in [3.8, 4) is 34.1 Å². The van der Waals surface area contributed by atoms with E-state index in [4.69, 9.17) is 14.2 Å². The molecule has 0 amide bonds. The van der Waals surface area contributed by atoms with Crippen LogP contribution in [0.1, 0.15) is 40.0 Å². The molecule has 69 heavy (non-hydrogen) atoms. The first-order valence-electron chi connectivity index (χ1n) is 22.6. The van der Waals surface area contributed by atoms with E-state index >= 15 is 17.6 Å². The van der Waals surface area contributed by atoms with E-state index in [9.17, 15) is 13.9 Å². The number of rotatable bonds is 19. The Labute approximate surface area is 397 Å². The number of hydrogen-bond acceptors (Lipinski definition) is 6. The summed E-state index contributed by atoms with van der Waals surface area (Å²) in [5.41, 5.74) is 4.90. The van der Waals surface area contributed by atoms with Gasteiger partial charge >= 0.3 is 24.7 Å². The second kappa shape index (κ2) is 20.3. The predicted octanol–water partition coefficient (Wildman–Crippen LogP) is 17.0. The molecule has 0 bridgehead atoms. The molecule has 6 nitrogen and oxygen atoms in total. The largest absolute Gasteiger partial charge is 0.508 e. The van der Waals surface area contributed by atoms with E-state index in [-0.39, 0.29) is 35.8 Å². The molecule has 0 aliphatic carbocycles. The lowest BCUT2D eigenvalue weighted by Crippen LogP contribution is -2.48. The summed E-state index contributed by atoms with van der Waals surface area (Å²) in [7, 11) is 0. The number of alkyl halides is 6.